The monoisotopic (exact) mass is 364 g/mol. The lowest BCUT2D eigenvalue weighted by atomic mass is 10.3. The van der Waals surface area contributed by atoms with Gasteiger partial charge in [-0.1, -0.05) is 44.3 Å². The second-order valence-corrected chi connectivity index (χ2v) is 5.91. The summed E-state index contributed by atoms with van der Waals surface area (Å²) in [7, 11) is 0. The zero-order valence-corrected chi connectivity index (χ0v) is 12.6. The Bertz CT molecular complexity index is 621. The first-order valence-electron chi connectivity index (χ1n) is 5.10. The van der Waals surface area contributed by atoms with Crippen molar-refractivity contribution in [3.05, 3.63) is 44.2 Å². The fraction of sp³-hybridized carbons (Fsp3) is 0.200. The molecule has 1 heterocycles. The molecule has 2 rings (SSSR count). The number of hydrogen-bond donors (Lipinski definition) is 0. The molecule has 0 aliphatic heterocycles. The molecule has 100 valence electrons. The molecule has 1 atom stereocenters. The molecule has 9 heteroatoms. The summed E-state index contributed by atoms with van der Waals surface area (Å²) in [6, 6.07) is 2.45. The highest BCUT2D eigenvalue weighted by Gasteiger charge is 2.18. The highest BCUT2D eigenvalue weighted by molar-refractivity contribution is 9.09. The van der Waals surface area contributed by atoms with Crippen molar-refractivity contribution in [2.45, 2.75) is 11.8 Å². The van der Waals surface area contributed by atoms with E-state index in [1.807, 2.05) is 6.92 Å². The quantitative estimate of drug-likeness (QED) is 0.469. The summed E-state index contributed by atoms with van der Waals surface area (Å²) in [5, 5.41) is 18.8. The first-order chi connectivity index (χ1) is 8.90. The molecule has 1 aromatic carbocycles. The van der Waals surface area contributed by atoms with E-state index in [0.717, 1.165) is 0 Å². The molecule has 0 N–H and O–H groups in total. The van der Waals surface area contributed by atoms with E-state index in [9.17, 15) is 10.1 Å². The Labute approximate surface area is 126 Å². The van der Waals surface area contributed by atoms with E-state index in [1.54, 1.807) is 6.20 Å². The molecule has 2 aromatic rings. The predicted octanol–water partition coefficient (Wildman–Crippen LogP) is 3.94. The van der Waals surface area contributed by atoms with Gasteiger partial charge in [-0.05, 0) is 6.92 Å². The summed E-state index contributed by atoms with van der Waals surface area (Å²) in [6.07, 6.45) is 1.65. The maximum absolute atomic E-state index is 10.7. The highest BCUT2D eigenvalue weighted by atomic mass is 79.9. The van der Waals surface area contributed by atoms with Gasteiger partial charge in [-0.25, -0.2) is 4.68 Å². The summed E-state index contributed by atoms with van der Waals surface area (Å²) in [5.74, 6) is 0. The lowest BCUT2D eigenvalue weighted by Crippen LogP contribution is -1.99. The van der Waals surface area contributed by atoms with Gasteiger partial charge in [-0.2, -0.15) is 0 Å². The van der Waals surface area contributed by atoms with Crippen LogP contribution in [0.5, 0.6) is 0 Å². The average molecular weight is 366 g/mol. The molecule has 0 saturated heterocycles. The van der Waals surface area contributed by atoms with Crippen molar-refractivity contribution in [2.24, 2.45) is 0 Å². The van der Waals surface area contributed by atoms with Crippen LogP contribution in [0.1, 0.15) is 17.4 Å². The Balaban J connectivity index is 2.52. The molecule has 0 radical (unpaired) electrons. The zero-order chi connectivity index (χ0) is 14.2. The summed E-state index contributed by atoms with van der Waals surface area (Å²) < 4.78 is 1.39. The van der Waals surface area contributed by atoms with E-state index in [0.29, 0.717) is 11.4 Å². The number of rotatable bonds is 3. The van der Waals surface area contributed by atoms with Gasteiger partial charge in [0.25, 0.3) is 5.69 Å². The van der Waals surface area contributed by atoms with E-state index in [-0.39, 0.29) is 20.6 Å². The number of nitro benzene ring substituents is 1. The third kappa shape index (κ3) is 2.88. The van der Waals surface area contributed by atoms with Crippen LogP contribution in [0.2, 0.25) is 10.0 Å². The molecule has 0 aliphatic carbocycles. The molecule has 1 unspecified atom stereocenters. The largest absolute Gasteiger partial charge is 0.272 e. The van der Waals surface area contributed by atoms with Crippen LogP contribution in [0.15, 0.2) is 18.3 Å². The zero-order valence-electron chi connectivity index (χ0n) is 9.55. The average Bonchev–Trinajstić information content (AvgIpc) is 2.77. The lowest BCUT2D eigenvalue weighted by molar-refractivity contribution is -0.384. The van der Waals surface area contributed by atoms with Gasteiger partial charge in [-0.15, -0.1) is 5.10 Å². The molecule has 0 amide bonds. The summed E-state index contributed by atoms with van der Waals surface area (Å²) in [5.41, 5.74) is 0.888. The molecule has 0 bridgehead atoms. The number of halogens is 3. The fourth-order valence-corrected chi connectivity index (χ4v) is 2.30. The first kappa shape index (κ1) is 14.2. The van der Waals surface area contributed by atoms with Gasteiger partial charge < -0.3 is 0 Å². The van der Waals surface area contributed by atoms with Crippen molar-refractivity contribution in [3.63, 3.8) is 0 Å². The number of nitro groups is 1. The summed E-state index contributed by atoms with van der Waals surface area (Å²) in [6.45, 7) is 1.90. The molecule has 19 heavy (non-hydrogen) atoms. The Kier molecular flexibility index (Phi) is 4.07. The van der Waals surface area contributed by atoms with Crippen LogP contribution in [0.4, 0.5) is 5.69 Å². The van der Waals surface area contributed by atoms with Gasteiger partial charge in [0.1, 0.15) is 5.69 Å². The topological polar surface area (TPSA) is 73.8 Å². The van der Waals surface area contributed by atoms with Gasteiger partial charge in [0, 0.05) is 12.1 Å². The molecule has 0 fully saturated rings. The van der Waals surface area contributed by atoms with Crippen LogP contribution in [0.25, 0.3) is 5.69 Å². The predicted molar refractivity (Wildman–Crippen MR) is 75.4 cm³/mol. The van der Waals surface area contributed by atoms with Crippen molar-refractivity contribution < 1.29 is 4.92 Å². The lowest BCUT2D eigenvalue weighted by Gasteiger charge is -2.05. The molecule has 0 aliphatic rings. The van der Waals surface area contributed by atoms with Crippen LogP contribution in [-0.2, 0) is 0 Å². The standard InChI is InChI=1S/C10H7BrCl2N4O2/c1-5(11)9-4-16(15-14-9)10-7(12)2-6(17(18)19)3-8(10)13/h2-5H,1H3. The van der Waals surface area contributed by atoms with Crippen molar-refractivity contribution in [3.8, 4) is 5.69 Å². The minimum absolute atomic E-state index is 0.0249. The molecule has 0 spiro atoms. The SMILES string of the molecule is CC(Br)c1cn(-c2c(Cl)cc([N+](=O)[O-])cc2Cl)nn1. The number of aromatic nitrogens is 3. The maximum atomic E-state index is 10.7. The molecule has 0 saturated carbocycles. The number of nitrogens with zero attached hydrogens (tertiary/aromatic N) is 4. The van der Waals surface area contributed by atoms with E-state index < -0.39 is 4.92 Å². The number of alkyl halides is 1. The smallest absolute Gasteiger partial charge is 0.258 e. The summed E-state index contributed by atoms with van der Waals surface area (Å²) >= 11 is 15.4. The van der Waals surface area contributed by atoms with Crippen LogP contribution in [0, 0.1) is 10.1 Å². The van der Waals surface area contributed by atoms with E-state index in [1.165, 1.54) is 16.8 Å². The minimum Gasteiger partial charge on any atom is -0.258 e. The van der Waals surface area contributed by atoms with Gasteiger partial charge in [0.05, 0.1) is 31.7 Å². The minimum atomic E-state index is -0.561. The van der Waals surface area contributed by atoms with E-state index >= 15 is 0 Å². The normalized spacial score (nSPS) is 12.4. The number of hydrogen-bond acceptors (Lipinski definition) is 4. The molecular weight excluding hydrogens is 359 g/mol. The van der Waals surface area contributed by atoms with E-state index in [2.05, 4.69) is 26.2 Å². The highest BCUT2D eigenvalue weighted by Crippen LogP contribution is 2.33. The second kappa shape index (κ2) is 5.44. The van der Waals surface area contributed by atoms with E-state index in [4.69, 9.17) is 23.2 Å². The van der Waals surface area contributed by atoms with Crippen molar-refractivity contribution in [1.82, 2.24) is 15.0 Å². The van der Waals surface area contributed by atoms with Crippen molar-refractivity contribution >= 4 is 44.8 Å². The van der Waals surface area contributed by atoms with Crippen LogP contribution in [0.3, 0.4) is 0 Å². The van der Waals surface area contributed by atoms with Gasteiger partial charge in [0.15, 0.2) is 0 Å². The second-order valence-electron chi connectivity index (χ2n) is 3.72. The van der Waals surface area contributed by atoms with Crippen molar-refractivity contribution in [2.75, 3.05) is 0 Å². The Hall–Kier alpha value is -1.18. The third-order valence-corrected chi connectivity index (χ3v) is 3.41. The van der Waals surface area contributed by atoms with Gasteiger partial charge in [0.2, 0.25) is 0 Å². The Morgan fingerprint density at radius 1 is 1.42 bits per heavy atom. The fourth-order valence-electron chi connectivity index (χ4n) is 1.44. The van der Waals surface area contributed by atoms with Gasteiger partial charge >= 0.3 is 0 Å². The third-order valence-electron chi connectivity index (χ3n) is 2.36. The Morgan fingerprint density at radius 3 is 2.42 bits per heavy atom. The van der Waals surface area contributed by atoms with Crippen molar-refractivity contribution in [1.29, 1.82) is 0 Å². The number of benzene rings is 1. The Morgan fingerprint density at radius 2 is 2.00 bits per heavy atom. The van der Waals surface area contributed by atoms with Crippen LogP contribution in [-0.4, -0.2) is 19.9 Å². The first-order valence-corrected chi connectivity index (χ1v) is 6.77. The summed E-state index contributed by atoms with van der Waals surface area (Å²) in [4.78, 5) is 10.2. The van der Waals surface area contributed by atoms with Crippen LogP contribution >= 0.6 is 39.1 Å². The van der Waals surface area contributed by atoms with Gasteiger partial charge in [-0.3, -0.25) is 10.1 Å². The molecule has 1 aromatic heterocycles. The maximum Gasteiger partial charge on any atom is 0.272 e. The molecular formula is C10H7BrCl2N4O2. The molecule has 6 nitrogen and oxygen atoms in total. The van der Waals surface area contributed by atoms with Crippen LogP contribution < -0.4 is 0 Å². The number of non-ortho nitro benzene ring substituents is 1.